The molecule has 1 fully saturated rings. The number of nitrogens with zero attached hydrogens (tertiary/aromatic N) is 3. The number of hydrogen-bond donors (Lipinski definition) is 2. The predicted octanol–water partition coefficient (Wildman–Crippen LogP) is 7.01. The number of Topliss-reactive ketones (excluding diaryl/α,β-unsaturated/α-hetero) is 1. The molecule has 0 bridgehead atoms. The summed E-state index contributed by atoms with van der Waals surface area (Å²) in [5.74, 6) is -0.931. The van der Waals surface area contributed by atoms with Gasteiger partial charge in [0.05, 0.1) is 27.5 Å². The number of rotatable bonds is 7. The number of anilines is 1. The number of carbonyl (C=O) groups excluding carboxylic acids is 1. The van der Waals surface area contributed by atoms with E-state index in [1.54, 1.807) is 18.3 Å². The van der Waals surface area contributed by atoms with E-state index in [0.717, 1.165) is 32.2 Å². The highest BCUT2D eigenvalue weighted by Gasteiger charge is 2.25. The monoisotopic (exact) mass is 570 g/mol. The van der Waals surface area contributed by atoms with Crippen LogP contribution >= 0.6 is 36.4 Å². The SMILES string of the molecule is CC(C)C(=O)c1cnc2ccc(-c3cc(F)c(O)c(Cl)c3)nc2c1NC1CCC(CN(C)C)CC1.Cl.Cl. The van der Waals surface area contributed by atoms with Gasteiger partial charge in [-0.3, -0.25) is 9.78 Å². The van der Waals surface area contributed by atoms with Crippen LogP contribution < -0.4 is 5.32 Å². The Labute approximate surface area is 234 Å². The van der Waals surface area contributed by atoms with Gasteiger partial charge in [0, 0.05) is 30.3 Å². The number of aromatic nitrogens is 2. The van der Waals surface area contributed by atoms with Crippen molar-refractivity contribution in [2.45, 2.75) is 45.6 Å². The van der Waals surface area contributed by atoms with Crippen molar-refractivity contribution < 1.29 is 14.3 Å². The number of hydrogen-bond acceptors (Lipinski definition) is 6. The largest absolute Gasteiger partial charge is 0.504 e. The lowest BCUT2D eigenvalue weighted by Crippen LogP contribution is -2.31. The van der Waals surface area contributed by atoms with Gasteiger partial charge in [0.25, 0.3) is 0 Å². The van der Waals surface area contributed by atoms with Crippen molar-refractivity contribution in [1.82, 2.24) is 14.9 Å². The maximum Gasteiger partial charge on any atom is 0.170 e. The number of nitrogens with one attached hydrogen (secondary N) is 1. The Bertz CT molecular complexity index is 1220. The van der Waals surface area contributed by atoms with E-state index in [4.69, 9.17) is 16.6 Å². The second-order valence-corrected chi connectivity index (χ2v) is 10.4. The van der Waals surface area contributed by atoms with Crippen molar-refractivity contribution in [1.29, 1.82) is 0 Å². The Morgan fingerprint density at radius 3 is 2.46 bits per heavy atom. The molecule has 6 nitrogen and oxygen atoms in total. The Kier molecular flexibility index (Phi) is 10.9. The molecule has 1 aromatic carbocycles. The topological polar surface area (TPSA) is 78.3 Å². The number of carbonyl (C=O) groups is 1. The average molecular weight is 572 g/mol. The Morgan fingerprint density at radius 1 is 1.19 bits per heavy atom. The molecule has 0 saturated heterocycles. The van der Waals surface area contributed by atoms with Crippen LogP contribution in [0.4, 0.5) is 10.1 Å². The van der Waals surface area contributed by atoms with Gasteiger partial charge >= 0.3 is 0 Å². The fourth-order valence-corrected chi connectivity index (χ4v) is 5.00. The van der Waals surface area contributed by atoms with Crippen LogP contribution in [0.25, 0.3) is 22.3 Å². The number of fused-ring (bicyclic) bond motifs is 1. The van der Waals surface area contributed by atoms with Gasteiger partial charge in [0.15, 0.2) is 17.3 Å². The Hall–Kier alpha value is -2.19. The minimum Gasteiger partial charge on any atom is -0.504 e. The van der Waals surface area contributed by atoms with E-state index in [1.807, 2.05) is 13.8 Å². The van der Waals surface area contributed by atoms with Crippen molar-refractivity contribution >= 4 is 58.9 Å². The maximum atomic E-state index is 14.2. The van der Waals surface area contributed by atoms with Crippen molar-refractivity contribution in [2.24, 2.45) is 11.8 Å². The first-order valence-corrected chi connectivity index (χ1v) is 12.5. The molecule has 37 heavy (non-hydrogen) atoms. The van der Waals surface area contributed by atoms with E-state index in [-0.39, 0.29) is 47.6 Å². The molecule has 1 aliphatic carbocycles. The van der Waals surface area contributed by atoms with Gasteiger partial charge in [-0.05, 0) is 70.0 Å². The number of phenols is 1. The molecule has 0 aliphatic heterocycles. The molecule has 3 aromatic rings. The summed E-state index contributed by atoms with van der Waals surface area (Å²) in [6, 6.07) is 6.44. The first kappa shape index (κ1) is 31.0. The normalized spacial score (nSPS) is 17.4. The van der Waals surface area contributed by atoms with Gasteiger partial charge in [-0.2, -0.15) is 0 Å². The van der Waals surface area contributed by atoms with E-state index in [2.05, 4.69) is 29.3 Å². The number of phenolic OH excluding ortho intramolecular Hbond substituents is 1. The summed E-state index contributed by atoms with van der Waals surface area (Å²) in [6.45, 7) is 4.82. The van der Waals surface area contributed by atoms with E-state index >= 15 is 0 Å². The number of halogens is 4. The molecule has 0 radical (unpaired) electrons. The number of benzene rings is 1. The lowest BCUT2D eigenvalue weighted by Gasteiger charge is -2.32. The summed E-state index contributed by atoms with van der Waals surface area (Å²) in [4.78, 5) is 24.6. The van der Waals surface area contributed by atoms with Crippen LogP contribution in [0.3, 0.4) is 0 Å². The minimum atomic E-state index is -0.816. The molecule has 1 saturated carbocycles. The number of aromatic hydroxyl groups is 1. The smallest absolute Gasteiger partial charge is 0.170 e. The zero-order valence-corrected chi connectivity index (χ0v) is 23.8. The lowest BCUT2D eigenvalue weighted by molar-refractivity contribution is 0.0940. The van der Waals surface area contributed by atoms with Gasteiger partial charge in [-0.25, -0.2) is 9.37 Å². The van der Waals surface area contributed by atoms with Crippen LogP contribution in [0.2, 0.25) is 5.02 Å². The molecule has 0 unspecified atom stereocenters. The second-order valence-electron chi connectivity index (χ2n) is 10.0. The summed E-state index contributed by atoms with van der Waals surface area (Å²) in [5.41, 5.74) is 3.31. The van der Waals surface area contributed by atoms with Crippen LogP contribution in [0.1, 0.15) is 49.9 Å². The molecule has 0 spiro atoms. The summed E-state index contributed by atoms with van der Waals surface area (Å²) >= 11 is 6.00. The average Bonchev–Trinajstić information content (AvgIpc) is 2.82. The van der Waals surface area contributed by atoms with Crippen LogP contribution in [0.5, 0.6) is 5.75 Å². The lowest BCUT2D eigenvalue weighted by atomic mass is 9.85. The standard InChI is InChI=1S/C27H32ClFN4O2.2ClH/c1-15(2)26(34)19-13-30-23-10-9-22(17-11-20(28)27(35)21(29)12-17)32-25(23)24(19)31-18-7-5-16(6-8-18)14-33(3)4;;/h9-13,15-16,18,35H,5-8,14H2,1-4H3,(H,30,31);2*1H. The highest BCUT2D eigenvalue weighted by atomic mass is 35.5. The third-order valence-corrected chi connectivity index (χ3v) is 6.92. The molecular weight excluding hydrogens is 538 g/mol. The fourth-order valence-electron chi connectivity index (χ4n) is 4.79. The Morgan fingerprint density at radius 2 is 1.86 bits per heavy atom. The van der Waals surface area contributed by atoms with E-state index in [9.17, 15) is 14.3 Å². The van der Waals surface area contributed by atoms with Crippen LogP contribution in [0, 0.1) is 17.7 Å². The number of pyridine rings is 2. The summed E-state index contributed by atoms with van der Waals surface area (Å²) in [6.07, 6.45) is 5.89. The van der Waals surface area contributed by atoms with Crippen molar-refractivity contribution in [3.05, 3.63) is 46.9 Å². The maximum absolute atomic E-state index is 14.2. The van der Waals surface area contributed by atoms with Gasteiger partial charge in [0.1, 0.15) is 5.52 Å². The molecule has 0 amide bonds. The van der Waals surface area contributed by atoms with Crippen LogP contribution in [-0.4, -0.2) is 52.4 Å². The molecule has 0 atom stereocenters. The zero-order valence-electron chi connectivity index (χ0n) is 21.4. The highest BCUT2D eigenvalue weighted by Crippen LogP contribution is 2.35. The van der Waals surface area contributed by atoms with Gasteiger partial charge < -0.3 is 15.3 Å². The van der Waals surface area contributed by atoms with E-state index in [1.165, 1.54) is 12.1 Å². The molecule has 10 heteroatoms. The van der Waals surface area contributed by atoms with E-state index in [0.29, 0.717) is 39.5 Å². The quantitative estimate of drug-likeness (QED) is 0.297. The number of ketones is 1. The first-order chi connectivity index (χ1) is 16.6. The molecule has 2 aromatic heterocycles. The van der Waals surface area contributed by atoms with Crippen molar-refractivity contribution in [2.75, 3.05) is 26.0 Å². The van der Waals surface area contributed by atoms with Gasteiger partial charge in [-0.15, -0.1) is 24.8 Å². The first-order valence-electron chi connectivity index (χ1n) is 12.1. The molecular formula is C27H34Cl3FN4O2. The van der Waals surface area contributed by atoms with Crippen molar-refractivity contribution in [3.8, 4) is 17.0 Å². The van der Waals surface area contributed by atoms with Crippen LogP contribution in [0.15, 0.2) is 30.5 Å². The second kappa shape index (κ2) is 13.1. The summed E-state index contributed by atoms with van der Waals surface area (Å²) in [7, 11) is 4.21. The summed E-state index contributed by atoms with van der Waals surface area (Å²) in [5, 5.41) is 13.3. The molecule has 1 aliphatic rings. The molecule has 202 valence electrons. The molecule has 2 heterocycles. The van der Waals surface area contributed by atoms with Crippen molar-refractivity contribution in [3.63, 3.8) is 0 Å². The van der Waals surface area contributed by atoms with E-state index < -0.39 is 11.6 Å². The summed E-state index contributed by atoms with van der Waals surface area (Å²) < 4.78 is 14.2. The predicted molar refractivity (Wildman–Crippen MR) is 153 cm³/mol. The zero-order chi connectivity index (χ0) is 25.3. The highest BCUT2D eigenvalue weighted by molar-refractivity contribution is 6.32. The fraction of sp³-hybridized carbons (Fsp3) is 0.444. The minimum absolute atomic E-state index is 0. The van der Waals surface area contributed by atoms with Gasteiger partial charge in [0.2, 0.25) is 0 Å². The molecule has 4 rings (SSSR count). The third kappa shape index (κ3) is 7.02. The molecule has 2 N–H and O–H groups in total. The van der Waals surface area contributed by atoms with Crippen LogP contribution in [-0.2, 0) is 0 Å². The third-order valence-electron chi connectivity index (χ3n) is 6.63. The Balaban J connectivity index is 0.00000241. The van der Waals surface area contributed by atoms with Gasteiger partial charge in [-0.1, -0.05) is 25.4 Å².